The number of aromatic nitrogens is 5. The smallest absolute Gasteiger partial charge is 0.239 e. The molecule has 0 spiro atoms. The Morgan fingerprint density at radius 2 is 2.27 bits per heavy atom. The molecule has 2 N–H and O–H groups in total. The van der Waals surface area contributed by atoms with Gasteiger partial charge in [0.25, 0.3) is 0 Å². The number of rotatable bonds is 4. The molecule has 1 aliphatic rings. The highest BCUT2D eigenvalue weighted by Gasteiger charge is 2.26. The van der Waals surface area contributed by atoms with Crippen molar-refractivity contribution < 1.29 is 9.18 Å². The van der Waals surface area contributed by atoms with Crippen LogP contribution in [0.25, 0.3) is 11.0 Å². The molecule has 1 aromatic carbocycles. The van der Waals surface area contributed by atoms with Crippen LogP contribution in [0.1, 0.15) is 17.5 Å². The largest absolute Gasteiger partial charge is 0.354 e. The van der Waals surface area contributed by atoms with Crippen LogP contribution in [0.5, 0.6) is 0 Å². The summed E-state index contributed by atoms with van der Waals surface area (Å²) in [5.41, 5.74) is 1.11. The van der Waals surface area contributed by atoms with Gasteiger partial charge >= 0.3 is 0 Å². The lowest BCUT2D eigenvalue weighted by molar-refractivity contribution is -0.123. The van der Waals surface area contributed by atoms with Gasteiger partial charge in [0, 0.05) is 26.6 Å². The molecule has 26 heavy (non-hydrogen) atoms. The van der Waals surface area contributed by atoms with Gasteiger partial charge in [0.2, 0.25) is 5.91 Å². The third-order valence-electron chi connectivity index (χ3n) is 4.80. The molecule has 0 radical (unpaired) electrons. The molecule has 0 saturated heterocycles. The number of nitrogens with zero attached hydrogens (tertiary/aromatic N) is 5. The minimum Gasteiger partial charge on any atom is -0.354 e. The molecule has 0 bridgehead atoms. The number of hydrogen-bond acceptors (Lipinski definition) is 5. The molecule has 1 unspecified atom stereocenters. The van der Waals surface area contributed by atoms with E-state index in [1.54, 1.807) is 6.07 Å². The zero-order valence-corrected chi connectivity index (χ0v) is 14.7. The van der Waals surface area contributed by atoms with Crippen molar-refractivity contribution in [3.05, 3.63) is 41.5 Å². The van der Waals surface area contributed by atoms with Crippen LogP contribution < -0.4 is 10.6 Å². The van der Waals surface area contributed by atoms with E-state index in [4.69, 9.17) is 0 Å². The maximum absolute atomic E-state index is 13.8. The van der Waals surface area contributed by atoms with Gasteiger partial charge in [-0.25, -0.2) is 9.37 Å². The Morgan fingerprint density at radius 3 is 3.08 bits per heavy atom. The molecule has 3 heterocycles. The Hall–Kier alpha value is -2.81. The summed E-state index contributed by atoms with van der Waals surface area (Å²) in [4.78, 5) is 16.8. The number of fused-ring (bicyclic) bond motifs is 2. The van der Waals surface area contributed by atoms with Crippen molar-refractivity contribution in [1.29, 1.82) is 0 Å². The molecule has 1 atom stereocenters. The number of benzene rings is 1. The van der Waals surface area contributed by atoms with Gasteiger partial charge in [0.1, 0.15) is 29.0 Å². The van der Waals surface area contributed by atoms with Gasteiger partial charge < -0.3 is 14.5 Å². The van der Waals surface area contributed by atoms with Crippen molar-refractivity contribution in [3.63, 3.8) is 0 Å². The van der Waals surface area contributed by atoms with Crippen molar-refractivity contribution in [2.24, 2.45) is 7.05 Å². The van der Waals surface area contributed by atoms with E-state index in [1.807, 2.05) is 29.2 Å². The van der Waals surface area contributed by atoms with Crippen LogP contribution in [0.2, 0.25) is 0 Å². The lowest BCUT2D eigenvalue weighted by Gasteiger charge is -2.24. The zero-order valence-electron chi connectivity index (χ0n) is 14.7. The number of hydrogen-bond donors (Lipinski definition) is 2. The van der Waals surface area contributed by atoms with E-state index in [9.17, 15) is 9.18 Å². The van der Waals surface area contributed by atoms with Gasteiger partial charge in [-0.1, -0.05) is 6.07 Å². The fourth-order valence-corrected chi connectivity index (χ4v) is 3.30. The number of halogens is 1. The Kier molecular flexibility index (Phi) is 4.15. The molecule has 136 valence electrons. The van der Waals surface area contributed by atoms with Gasteiger partial charge in [-0.2, -0.15) is 0 Å². The second kappa shape index (κ2) is 6.49. The summed E-state index contributed by atoms with van der Waals surface area (Å²) in [5, 5.41) is 14.2. The highest BCUT2D eigenvalue weighted by atomic mass is 19.1. The van der Waals surface area contributed by atoms with Crippen LogP contribution >= 0.6 is 0 Å². The molecule has 1 aliphatic heterocycles. The number of carbonyl (C=O) groups excluding carboxylic acids is 1. The minimum absolute atomic E-state index is 0.0753. The number of amides is 1. The quantitative estimate of drug-likeness (QED) is 0.707. The van der Waals surface area contributed by atoms with Crippen LogP contribution in [0.3, 0.4) is 0 Å². The SMILES string of the molecule is Cc1nnc2n1CC(C(=O)NCCc1nc3c(F)cccc3n1C)NC2. The van der Waals surface area contributed by atoms with Crippen molar-refractivity contribution in [2.75, 3.05) is 6.54 Å². The van der Waals surface area contributed by atoms with Gasteiger partial charge in [0.05, 0.1) is 12.1 Å². The number of carbonyl (C=O) groups is 1. The summed E-state index contributed by atoms with van der Waals surface area (Å²) in [7, 11) is 1.85. The second-order valence-corrected chi connectivity index (χ2v) is 6.44. The van der Waals surface area contributed by atoms with Gasteiger partial charge in [-0.05, 0) is 19.1 Å². The van der Waals surface area contributed by atoms with Crippen LogP contribution in [0.4, 0.5) is 4.39 Å². The fourth-order valence-electron chi connectivity index (χ4n) is 3.30. The first-order chi connectivity index (χ1) is 12.5. The second-order valence-electron chi connectivity index (χ2n) is 6.44. The number of aryl methyl sites for hydroxylation is 2. The topological polar surface area (TPSA) is 89.7 Å². The minimum atomic E-state index is -0.333. The maximum Gasteiger partial charge on any atom is 0.239 e. The molecule has 1 amide bonds. The third kappa shape index (κ3) is 2.84. The van der Waals surface area contributed by atoms with Crippen molar-refractivity contribution in [2.45, 2.75) is 32.5 Å². The van der Waals surface area contributed by atoms with Gasteiger partial charge in [-0.3, -0.25) is 10.1 Å². The summed E-state index contributed by atoms with van der Waals surface area (Å²) in [6.45, 7) is 3.34. The highest BCUT2D eigenvalue weighted by molar-refractivity contribution is 5.81. The predicted octanol–water partition coefficient (Wildman–Crippen LogP) is 0.443. The summed E-state index contributed by atoms with van der Waals surface area (Å²) >= 11 is 0. The lowest BCUT2D eigenvalue weighted by atomic mass is 10.2. The van der Waals surface area contributed by atoms with E-state index >= 15 is 0 Å². The average molecular weight is 357 g/mol. The molecule has 0 aliphatic carbocycles. The molecular formula is C17H20FN7O. The number of nitrogens with one attached hydrogen (secondary N) is 2. The maximum atomic E-state index is 13.8. The molecule has 3 aromatic rings. The average Bonchev–Trinajstić information content (AvgIpc) is 3.17. The summed E-state index contributed by atoms with van der Waals surface area (Å²) in [5.74, 6) is 1.97. The Morgan fingerprint density at radius 1 is 1.42 bits per heavy atom. The first kappa shape index (κ1) is 16.6. The zero-order chi connectivity index (χ0) is 18.3. The van der Waals surface area contributed by atoms with E-state index in [0.717, 1.165) is 23.0 Å². The normalized spacial score (nSPS) is 16.7. The molecule has 0 fully saturated rings. The molecule has 0 saturated carbocycles. The van der Waals surface area contributed by atoms with Crippen LogP contribution in [0, 0.1) is 12.7 Å². The molecule has 8 nitrogen and oxygen atoms in total. The molecular weight excluding hydrogens is 337 g/mol. The lowest BCUT2D eigenvalue weighted by Crippen LogP contribution is -2.50. The van der Waals surface area contributed by atoms with Crippen LogP contribution in [0.15, 0.2) is 18.2 Å². The molecule has 2 aromatic heterocycles. The third-order valence-corrected chi connectivity index (χ3v) is 4.80. The highest BCUT2D eigenvalue weighted by Crippen LogP contribution is 2.18. The van der Waals surface area contributed by atoms with Crippen molar-refractivity contribution >= 4 is 16.9 Å². The fraction of sp³-hybridized carbons (Fsp3) is 0.412. The molecule has 9 heteroatoms. The first-order valence-corrected chi connectivity index (χ1v) is 8.54. The van der Waals surface area contributed by atoms with E-state index in [1.165, 1.54) is 6.07 Å². The first-order valence-electron chi connectivity index (χ1n) is 8.54. The van der Waals surface area contributed by atoms with E-state index < -0.39 is 0 Å². The summed E-state index contributed by atoms with van der Waals surface area (Å²) in [6, 6.07) is 4.58. The van der Waals surface area contributed by atoms with Gasteiger partial charge in [-0.15, -0.1) is 10.2 Å². The summed E-state index contributed by atoms with van der Waals surface area (Å²) in [6.07, 6.45) is 0.528. The van der Waals surface area contributed by atoms with Crippen LogP contribution in [-0.4, -0.2) is 42.8 Å². The Balaban J connectivity index is 1.38. The standard InChI is InChI=1S/C17H20FN7O/c1-10-22-23-15-8-20-12(9-25(10)15)17(26)19-7-6-14-21-16-11(18)4-3-5-13(16)24(14)2/h3-5,12,20H,6-9H2,1-2H3,(H,19,26). The molecule has 4 rings (SSSR count). The van der Waals surface area contributed by atoms with E-state index in [0.29, 0.717) is 31.6 Å². The van der Waals surface area contributed by atoms with Crippen molar-refractivity contribution in [1.82, 2.24) is 34.9 Å². The van der Waals surface area contributed by atoms with Crippen molar-refractivity contribution in [3.8, 4) is 0 Å². The predicted molar refractivity (Wildman–Crippen MR) is 92.8 cm³/mol. The van der Waals surface area contributed by atoms with E-state index in [2.05, 4.69) is 25.8 Å². The number of para-hydroxylation sites is 1. The van der Waals surface area contributed by atoms with E-state index in [-0.39, 0.29) is 17.8 Å². The van der Waals surface area contributed by atoms with Crippen LogP contribution in [-0.2, 0) is 31.4 Å². The van der Waals surface area contributed by atoms with Gasteiger partial charge in [0.15, 0.2) is 5.82 Å². The monoisotopic (exact) mass is 357 g/mol. The Bertz CT molecular complexity index is 977. The number of imidazole rings is 1. The Labute approximate surface area is 149 Å². The summed E-state index contributed by atoms with van der Waals surface area (Å²) < 4.78 is 17.6.